The summed E-state index contributed by atoms with van der Waals surface area (Å²) in [7, 11) is 0. The lowest BCUT2D eigenvalue weighted by Gasteiger charge is -2.39. The van der Waals surface area contributed by atoms with Gasteiger partial charge in [-0.05, 0) is 19.1 Å². The number of ether oxygens (including phenoxy) is 1. The van der Waals surface area contributed by atoms with Crippen LogP contribution in [0.3, 0.4) is 0 Å². The van der Waals surface area contributed by atoms with Crippen molar-refractivity contribution in [2.45, 2.75) is 25.4 Å². The van der Waals surface area contributed by atoms with E-state index < -0.39 is 42.7 Å². The van der Waals surface area contributed by atoms with Crippen LogP contribution < -0.4 is 0 Å². The molecule has 26 heavy (non-hydrogen) atoms. The summed E-state index contributed by atoms with van der Waals surface area (Å²) in [6, 6.07) is 2.36. The van der Waals surface area contributed by atoms with E-state index in [1.54, 1.807) is 6.92 Å². The molecule has 0 aliphatic carbocycles. The van der Waals surface area contributed by atoms with E-state index in [4.69, 9.17) is 4.74 Å². The first kappa shape index (κ1) is 18.4. The minimum atomic E-state index is -4.55. The second-order valence-corrected chi connectivity index (χ2v) is 6.02. The highest BCUT2D eigenvalue weighted by atomic mass is 19.4. The van der Waals surface area contributed by atoms with Gasteiger partial charge in [-0.3, -0.25) is 19.6 Å². The maximum atomic E-state index is 14.0. The molecule has 0 spiro atoms. The predicted octanol–water partition coefficient (Wildman–Crippen LogP) is 2.25. The van der Waals surface area contributed by atoms with Crippen LogP contribution in [0.2, 0.25) is 0 Å². The molecule has 1 saturated heterocycles. The molecule has 11 heteroatoms. The molecular formula is C15H15F5N4O2. The number of hydrogen-bond donors (Lipinski definition) is 0. The summed E-state index contributed by atoms with van der Waals surface area (Å²) in [6.45, 7) is 0.857. The summed E-state index contributed by atoms with van der Waals surface area (Å²) in [5, 5.41) is 4.79. The summed E-state index contributed by atoms with van der Waals surface area (Å²) in [5.74, 6) is -2.29. The normalized spacial score (nSPS) is 24.3. The van der Waals surface area contributed by atoms with Gasteiger partial charge in [0.05, 0.1) is 19.3 Å². The maximum absolute atomic E-state index is 14.0. The van der Waals surface area contributed by atoms with Gasteiger partial charge in [-0.15, -0.1) is 13.2 Å². The van der Waals surface area contributed by atoms with Crippen molar-refractivity contribution < 1.29 is 31.5 Å². The molecule has 2 heterocycles. The highest BCUT2D eigenvalue weighted by molar-refractivity contribution is 5.73. The zero-order chi connectivity index (χ0) is 19.1. The highest BCUT2D eigenvalue weighted by Gasteiger charge is 2.41. The molecule has 3 rings (SSSR count). The van der Waals surface area contributed by atoms with Gasteiger partial charge in [-0.25, -0.2) is 8.78 Å². The molecule has 0 bridgehead atoms. The van der Waals surface area contributed by atoms with Crippen LogP contribution in [0.5, 0.6) is 0 Å². The number of halogens is 5. The van der Waals surface area contributed by atoms with Crippen molar-refractivity contribution in [1.82, 2.24) is 14.8 Å². The molecule has 1 fully saturated rings. The lowest BCUT2D eigenvalue weighted by Crippen LogP contribution is -2.52. The van der Waals surface area contributed by atoms with E-state index in [1.807, 2.05) is 0 Å². The summed E-state index contributed by atoms with van der Waals surface area (Å²) in [6.07, 6.45) is -4.91. The predicted molar refractivity (Wildman–Crippen MR) is 79.3 cm³/mol. The molecule has 2 atom stereocenters. The Morgan fingerprint density at radius 2 is 2.04 bits per heavy atom. The quantitative estimate of drug-likeness (QED) is 0.459. The molecule has 1 aromatic rings. The Balaban J connectivity index is 1.73. The molecule has 142 valence electrons. The van der Waals surface area contributed by atoms with Crippen LogP contribution in [0.15, 0.2) is 23.3 Å². The Kier molecular flexibility index (Phi) is 4.74. The minimum Gasteiger partial charge on any atom is -0.455 e. The molecule has 0 N–H and O–H groups in total. The SMILES string of the molecule is C[C@@H]1[C@@H](c2ccc(F)cc2F)OC(=O)CN1CN1CN(C(F)(F)F)C=N1. The van der Waals surface area contributed by atoms with Crippen LogP contribution in [0.25, 0.3) is 0 Å². The first-order valence-electron chi connectivity index (χ1n) is 7.66. The van der Waals surface area contributed by atoms with Crippen LogP contribution in [-0.4, -0.2) is 59.3 Å². The maximum Gasteiger partial charge on any atom is 0.487 e. The topological polar surface area (TPSA) is 48.4 Å². The van der Waals surface area contributed by atoms with Crippen molar-refractivity contribution in [3.05, 3.63) is 35.4 Å². The van der Waals surface area contributed by atoms with E-state index in [0.29, 0.717) is 12.4 Å². The number of esters is 1. The molecule has 0 aromatic heterocycles. The molecule has 6 nitrogen and oxygen atoms in total. The summed E-state index contributed by atoms with van der Waals surface area (Å²) in [5.41, 5.74) is -0.00112. The van der Waals surface area contributed by atoms with Gasteiger partial charge in [-0.1, -0.05) is 0 Å². The fourth-order valence-electron chi connectivity index (χ4n) is 2.83. The number of hydrogen-bond acceptors (Lipinski definition) is 6. The fraction of sp³-hybridized carbons (Fsp3) is 0.467. The van der Waals surface area contributed by atoms with Crippen molar-refractivity contribution in [2.75, 3.05) is 19.9 Å². The van der Waals surface area contributed by atoms with Crippen molar-refractivity contribution in [1.29, 1.82) is 0 Å². The van der Waals surface area contributed by atoms with Gasteiger partial charge >= 0.3 is 12.3 Å². The standard InChI is InChI=1S/C15H15F5N4O2/c1-9-14(11-3-2-10(16)4-12(11)17)26-13(25)5-22(9)7-24-8-23(6-21-24)15(18,19)20/h2-4,6,9,14H,5,7-8H2,1H3/t9-,14+/m1/s1. The third kappa shape index (κ3) is 3.71. The van der Waals surface area contributed by atoms with Crippen LogP contribution in [0.4, 0.5) is 22.0 Å². The third-order valence-corrected chi connectivity index (χ3v) is 4.21. The monoisotopic (exact) mass is 378 g/mol. The minimum absolute atomic E-state index is 0.00112. The van der Waals surface area contributed by atoms with Crippen LogP contribution in [-0.2, 0) is 9.53 Å². The number of morpholine rings is 1. The van der Waals surface area contributed by atoms with Gasteiger partial charge in [0.1, 0.15) is 30.7 Å². The largest absolute Gasteiger partial charge is 0.487 e. The van der Waals surface area contributed by atoms with Crippen LogP contribution in [0, 0.1) is 11.6 Å². The Morgan fingerprint density at radius 3 is 2.65 bits per heavy atom. The number of rotatable bonds is 3. The molecule has 2 aliphatic rings. The molecule has 0 radical (unpaired) electrons. The number of cyclic esters (lactones) is 1. The molecule has 2 aliphatic heterocycles. The van der Waals surface area contributed by atoms with E-state index in [9.17, 15) is 26.7 Å². The van der Waals surface area contributed by atoms with Crippen LogP contribution >= 0.6 is 0 Å². The van der Waals surface area contributed by atoms with Crippen molar-refractivity contribution in [3.8, 4) is 0 Å². The Bertz CT molecular complexity index is 726. The zero-order valence-corrected chi connectivity index (χ0v) is 13.6. The number of carbonyl (C=O) groups excluding carboxylic acids is 1. The lowest BCUT2D eigenvalue weighted by molar-refractivity contribution is -0.221. The lowest BCUT2D eigenvalue weighted by atomic mass is 10.00. The molecule has 0 unspecified atom stereocenters. The van der Waals surface area contributed by atoms with E-state index in [0.717, 1.165) is 11.1 Å². The van der Waals surface area contributed by atoms with Crippen molar-refractivity contribution >= 4 is 12.3 Å². The van der Waals surface area contributed by atoms with E-state index >= 15 is 0 Å². The number of carbonyl (C=O) groups is 1. The van der Waals surface area contributed by atoms with Gasteiger partial charge < -0.3 is 4.74 Å². The van der Waals surface area contributed by atoms with E-state index in [-0.39, 0.29) is 23.7 Å². The zero-order valence-electron chi connectivity index (χ0n) is 13.6. The van der Waals surface area contributed by atoms with E-state index in [2.05, 4.69) is 5.10 Å². The molecule has 0 saturated carbocycles. The van der Waals surface area contributed by atoms with Gasteiger partial charge in [-0.2, -0.15) is 5.10 Å². The van der Waals surface area contributed by atoms with Crippen molar-refractivity contribution in [2.24, 2.45) is 5.10 Å². The second-order valence-electron chi connectivity index (χ2n) is 6.02. The Labute approximate surface area is 145 Å². The molecular weight excluding hydrogens is 363 g/mol. The van der Waals surface area contributed by atoms with Gasteiger partial charge in [0.2, 0.25) is 0 Å². The average molecular weight is 378 g/mol. The van der Waals surface area contributed by atoms with Gasteiger partial charge in [0.25, 0.3) is 0 Å². The smallest absolute Gasteiger partial charge is 0.455 e. The molecule has 1 aromatic carbocycles. The van der Waals surface area contributed by atoms with Gasteiger partial charge in [0, 0.05) is 11.6 Å². The molecule has 0 amide bonds. The van der Waals surface area contributed by atoms with Gasteiger partial charge in [0.15, 0.2) is 0 Å². The number of hydrazone groups is 1. The fourth-order valence-corrected chi connectivity index (χ4v) is 2.83. The highest BCUT2D eigenvalue weighted by Crippen LogP contribution is 2.31. The number of alkyl halides is 3. The summed E-state index contributed by atoms with van der Waals surface area (Å²) >= 11 is 0. The second kappa shape index (κ2) is 6.71. The summed E-state index contributed by atoms with van der Waals surface area (Å²) in [4.78, 5) is 13.5. The first-order valence-corrected chi connectivity index (χ1v) is 7.66. The van der Waals surface area contributed by atoms with Crippen molar-refractivity contribution in [3.63, 3.8) is 0 Å². The average Bonchev–Trinajstić information content (AvgIpc) is 3.00. The number of nitrogens with zero attached hydrogens (tertiary/aromatic N) is 4. The Hall–Kier alpha value is -2.43. The summed E-state index contributed by atoms with van der Waals surface area (Å²) < 4.78 is 70.3. The van der Waals surface area contributed by atoms with E-state index in [1.165, 1.54) is 11.0 Å². The Morgan fingerprint density at radius 1 is 1.31 bits per heavy atom. The third-order valence-electron chi connectivity index (χ3n) is 4.21. The number of benzene rings is 1. The first-order chi connectivity index (χ1) is 12.1. The van der Waals surface area contributed by atoms with Crippen LogP contribution in [0.1, 0.15) is 18.6 Å².